The largest absolute Gasteiger partial charge is 0.306 e. The van der Waals surface area contributed by atoms with Crippen molar-refractivity contribution < 1.29 is 0 Å². The molecule has 12 heavy (non-hydrogen) atoms. The van der Waals surface area contributed by atoms with Crippen LogP contribution in [0, 0.1) is 11.3 Å². The van der Waals surface area contributed by atoms with Crippen LogP contribution >= 0.6 is 46.6 Å². The highest BCUT2D eigenvalue weighted by Gasteiger charge is 2.47. The molecular formula is C9H19I2N. The second kappa shape index (κ2) is 4.77. The minimum atomic E-state index is 0. The molecule has 1 fully saturated rings. The van der Waals surface area contributed by atoms with E-state index in [9.17, 15) is 0 Å². The van der Waals surface area contributed by atoms with Crippen LogP contribution in [-0.4, -0.2) is 29.5 Å². The normalized spacial score (nSPS) is 32.5. The summed E-state index contributed by atoms with van der Waals surface area (Å²) in [4.78, 5) is 2.38. The van der Waals surface area contributed by atoms with E-state index in [1.165, 1.54) is 10.8 Å². The van der Waals surface area contributed by atoms with Crippen LogP contribution in [0.15, 0.2) is 0 Å². The summed E-state index contributed by atoms with van der Waals surface area (Å²) < 4.78 is 1.31. The molecule has 0 spiro atoms. The monoisotopic (exact) mass is 395 g/mol. The van der Waals surface area contributed by atoms with E-state index in [1.54, 1.807) is 0 Å². The van der Waals surface area contributed by atoms with Gasteiger partial charge in [-0.05, 0) is 31.8 Å². The smallest absolute Gasteiger partial charge is 0.0176 e. The molecular weight excluding hydrogens is 376 g/mol. The Morgan fingerprint density at radius 1 is 1.42 bits per heavy atom. The van der Waals surface area contributed by atoms with Crippen molar-refractivity contribution in [3.8, 4) is 0 Å². The van der Waals surface area contributed by atoms with Gasteiger partial charge in [0.1, 0.15) is 0 Å². The van der Waals surface area contributed by atoms with E-state index in [0.29, 0.717) is 5.41 Å². The molecule has 3 heteroatoms. The first kappa shape index (κ1) is 13.4. The van der Waals surface area contributed by atoms with E-state index >= 15 is 0 Å². The van der Waals surface area contributed by atoms with E-state index in [2.05, 4.69) is 55.4 Å². The molecule has 0 bridgehead atoms. The van der Waals surface area contributed by atoms with E-state index in [4.69, 9.17) is 0 Å². The average molecular weight is 395 g/mol. The van der Waals surface area contributed by atoms with Crippen LogP contribution in [0.5, 0.6) is 0 Å². The Labute approximate surface area is 107 Å². The second-order valence-electron chi connectivity index (χ2n) is 4.52. The molecule has 0 aromatic heterocycles. The van der Waals surface area contributed by atoms with Crippen LogP contribution in [0.25, 0.3) is 0 Å². The van der Waals surface area contributed by atoms with Gasteiger partial charge in [-0.2, -0.15) is 0 Å². The molecule has 0 radical (unpaired) electrons. The van der Waals surface area contributed by atoms with Crippen molar-refractivity contribution in [2.24, 2.45) is 11.3 Å². The van der Waals surface area contributed by atoms with E-state index in [-0.39, 0.29) is 24.0 Å². The molecule has 0 aromatic rings. The quantitative estimate of drug-likeness (QED) is 0.514. The zero-order chi connectivity index (χ0) is 8.65. The summed E-state index contributed by atoms with van der Waals surface area (Å²) in [5.41, 5.74) is 0.555. The van der Waals surface area contributed by atoms with Gasteiger partial charge in [0.15, 0.2) is 0 Å². The molecule has 0 N–H and O–H groups in total. The molecule has 2 atom stereocenters. The van der Waals surface area contributed by atoms with Crippen LogP contribution in [-0.2, 0) is 0 Å². The fraction of sp³-hybridized carbons (Fsp3) is 1.00. The predicted molar refractivity (Wildman–Crippen MR) is 73.7 cm³/mol. The number of hydrogen-bond acceptors (Lipinski definition) is 1. The third-order valence-electron chi connectivity index (χ3n) is 2.79. The number of nitrogens with zero attached hydrogens (tertiary/aromatic N) is 1. The fourth-order valence-electron chi connectivity index (χ4n) is 2.65. The summed E-state index contributed by atoms with van der Waals surface area (Å²) in [7, 11) is 4.40. The molecule has 0 saturated heterocycles. The van der Waals surface area contributed by atoms with Crippen molar-refractivity contribution in [3.63, 3.8) is 0 Å². The van der Waals surface area contributed by atoms with Gasteiger partial charge in [0.05, 0.1) is 0 Å². The van der Waals surface area contributed by atoms with E-state index in [1.807, 2.05) is 0 Å². The SMILES string of the molecule is CN(C)C1C(CI)CC1(C)C.I. The molecule has 0 aliphatic heterocycles. The summed E-state index contributed by atoms with van der Waals surface area (Å²) in [6, 6.07) is 0.805. The lowest BCUT2D eigenvalue weighted by atomic mass is 9.60. The zero-order valence-corrected chi connectivity index (χ0v) is 12.8. The average Bonchev–Trinajstić information content (AvgIpc) is 1.81. The van der Waals surface area contributed by atoms with Gasteiger partial charge in [0, 0.05) is 10.5 Å². The fourth-order valence-corrected chi connectivity index (χ4v) is 3.44. The summed E-state index contributed by atoms with van der Waals surface area (Å²) in [5, 5.41) is 0. The van der Waals surface area contributed by atoms with Crippen molar-refractivity contribution in [2.75, 3.05) is 18.5 Å². The first-order valence-corrected chi connectivity index (χ1v) is 5.74. The van der Waals surface area contributed by atoms with Gasteiger partial charge in [0.2, 0.25) is 0 Å². The summed E-state index contributed by atoms with van der Waals surface area (Å²) in [6.07, 6.45) is 1.40. The van der Waals surface area contributed by atoms with Gasteiger partial charge < -0.3 is 4.90 Å². The molecule has 1 nitrogen and oxygen atoms in total. The van der Waals surface area contributed by atoms with Crippen molar-refractivity contribution in [3.05, 3.63) is 0 Å². The lowest BCUT2D eigenvalue weighted by Gasteiger charge is -2.54. The van der Waals surface area contributed by atoms with Gasteiger partial charge >= 0.3 is 0 Å². The van der Waals surface area contributed by atoms with Gasteiger partial charge in [-0.15, -0.1) is 24.0 Å². The summed E-state index contributed by atoms with van der Waals surface area (Å²) >= 11 is 2.50. The minimum Gasteiger partial charge on any atom is -0.306 e. The Bertz CT molecular complexity index is 145. The number of hydrogen-bond donors (Lipinski definition) is 0. The lowest BCUT2D eigenvalue weighted by Crippen LogP contribution is -2.57. The Hall–Kier alpha value is 1.42. The lowest BCUT2D eigenvalue weighted by molar-refractivity contribution is -0.0234. The first-order chi connectivity index (χ1) is 4.99. The summed E-state index contributed by atoms with van der Waals surface area (Å²) in [5.74, 6) is 0.931. The highest BCUT2D eigenvalue weighted by Crippen LogP contribution is 2.47. The Balaban J connectivity index is 0.00000121. The first-order valence-electron chi connectivity index (χ1n) is 4.21. The number of alkyl halides is 1. The van der Waals surface area contributed by atoms with Crippen molar-refractivity contribution in [1.82, 2.24) is 4.90 Å². The maximum Gasteiger partial charge on any atom is 0.0176 e. The number of rotatable bonds is 2. The molecule has 1 aliphatic carbocycles. The molecule has 2 unspecified atom stereocenters. The van der Waals surface area contributed by atoms with Crippen molar-refractivity contribution in [2.45, 2.75) is 26.3 Å². The molecule has 1 rings (SSSR count). The molecule has 0 amide bonds. The molecule has 0 heterocycles. The van der Waals surface area contributed by atoms with Crippen LogP contribution in [0.1, 0.15) is 20.3 Å². The number of halogens is 2. The van der Waals surface area contributed by atoms with E-state index < -0.39 is 0 Å². The van der Waals surface area contributed by atoms with Gasteiger partial charge in [0.25, 0.3) is 0 Å². The maximum absolute atomic E-state index is 2.50. The standard InChI is InChI=1S/C9H18IN.HI/c1-9(2)5-7(6-10)8(9)11(3)4;/h7-8H,5-6H2,1-4H3;1H. The van der Waals surface area contributed by atoms with Crippen LogP contribution in [0.3, 0.4) is 0 Å². The van der Waals surface area contributed by atoms with Crippen LogP contribution in [0.2, 0.25) is 0 Å². The van der Waals surface area contributed by atoms with Crippen molar-refractivity contribution in [1.29, 1.82) is 0 Å². The third-order valence-corrected chi connectivity index (χ3v) is 3.92. The predicted octanol–water partition coefficient (Wildman–Crippen LogP) is 3.02. The van der Waals surface area contributed by atoms with Crippen molar-refractivity contribution >= 4 is 46.6 Å². The van der Waals surface area contributed by atoms with E-state index in [0.717, 1.165) is 12.0 Å². The third kappa shape index (κ3) is 2.47. The molecule has 0 aromatic carbocycles. The molecule has 1 aliphatic rings. The maximum atomic E-state index is 2.50. The Kier molecular flexibility index (Phi) is 5.34. The Morgan fingerprint density at radius 3 is 2.08 bits per heavy atom. The van der Waals surface area contributed by atoms with Gasteiger partial charge in [-0.1, -0.05) is 36.4 Å². The highest BCUT2D eigenvalue weighted by atomic mass is 127. The van der Waals surface area contributed by atoms with Gasteiger partial charge in [-0.3, -0.25) is 0 Å². The highest BCUT2D eigenvalue weighted by molar-refractivity contribution is 14.1. The van der Waals surface area contributed by atoms with Gasteiger partial charge in [-0.25, -0.2) is 0 Å². The summed E-state index contributed by atoms with van der Waals surface area (Å²) in [6.45, 7) is 4.75. The second-order valence-corrected chi connectivity index (χ2v) is 5.40. The Morgan fingerprint density at radius 2 is 1.92 bits per heavy atom. The minimum absolute atomic E-state index is 0. The zero-order valence-electron chi connectivity index (χ0n) is 8.30. The van der Waals surface area contributed by atoms with Crippen LogP contribution in [0.4, 0.5) is 0 Å². The van der Waals surface area contributed by atoms with Crippen LogP contribution < -0.4 is 0 Å². The molecule has 74 valence electrons. The topological polar surface area (TPSA) is 3.24 Å². The molecule has 1 saturated carbocycles.